The maximum Gasteiger partial charge on any atom is 0.319 e. The lowest BCUT2D eigenvalue weighted by atomic mass is 10.2. The molecule has 3 rings (SSSR count). The van der Waals surface area contributed by atoms with Crippen molar-refractivity contribution in [3.63, 3.8) is 0 Å². The molecule has 7 heteroatoms. The Bertz CT molecular complexity index is 761. The number of hydrogen-bond donors (Lipinski definition) is 2. The van der Waals surface area contributed by atoms with E-state index in [1.807, 2.05) is 18.2 Å². The van der Waals surface area contributed by atoms with Gasteiger partial charge in [0.2, 0.25) is 0 Å². The van der Waals surface area contributed by atoms with Gasteiger partial charge in [0.15, 0.2) is 0 Å². The van der Waals surface area contributed by atoms with Crippen LogP contribution in [0.2, 0.25) is 0 Å². The molecule has 0 aromatic heterocycles. The van der Waals surface area contributed by atoms with Crippen molar-refractivity contribution >= 4 is 17.4 Å². The number of halogens is 1. The van der Waals surface area contributed by atoms with Crippen LogP contribution in [-0.4, -0.2) is 57.3 Å². The quantitative estimate of drug-likeness (QED) is 0.718. The molecule has 1 aliphatic heterocycles. The molecule has 0 bridgehead atoms. The lowest BCUT2D eigenvalue weighted by molar-refractivity contribution is 0.244. The molecule has 2 N–H and O–H groups in total. The Balaban J connectivity index is 1.33. The third-order valence-electron chi connectivity index (χ3n) is 4.84. The standard InChI is InChI=1S/C21H27FN4O2/c1-28-20-6-3-2-5-19(20)26-15-13-25(14-16-26)12-4-11-23-21(27)24-18-9-7-17(22)8-10-18/h2-3,5-10H,4,11-16H2,1H3,(H2,23,24,27). The number of para-hydroxylation sites is 2. The average Bonchev–Trinajstić information content (AvgIpc) is 2.73. The van der Waals surface area contributed by atoms with Crippen LogP contribution >= 0.6 is 0 Å². The van der Waals surface area contributed by atoms with Crippen LogP contribution in [0.1, 0.15) is 6.42 Å². The Hall–Kier alpha value is -2.80. The highest BCUT2D eigenvalue weighted by Gasteiger charge is 2.19. The molecule has 150 valence electrons. The first-order chi connectivity index (χ1) is 13.7. The normalized spacial score (nSPS) is 14.6. The summed E-state index contributed by atoms with van der Waals surface area (Å²) in [4.78, 5) is 16.6. The number of rotatable bonds is 7. The first kappa shape index (κ1) is 19.9. The van der Waals surface area contributed by atoms with Gasteiger partial charge in [-0.2, -0.15) is 0 Å². The molecule has 0 saturated carbocycles. The molecule has 2 aromatic carbocycles. The number of carbonyl (C=O) groups is 1. The van der Waals surface area contributed by atoms with E-state index in [2.05, 4.69) is 26.5 Å². The predicted octanol–water partition coefficient (Wildman–Crippen LogP) is 3.17. The topological polar surface area (TPSA) is 56.8 Å². The molecule has 0 spiro atoms. The fourth-order valence-corrected chi connectivity index (χ4v) is 3.32. The van der Waals surface area contributed by atoms with Gasteiger partial charge in [0.05, 0.1) is 12.8 Å². The number of anilines is 2. The summed E-state index contributed by atoms with van der Waals surface area (Å²) < 4.78 is 18.3. The second-order valence-corrected chi connectivity index (χ2v) is 6.74. The summed E-state index contributed by atoms with van der Waals surface area (Å²) in [7, 11) is 1.70. The summed E-state index contributed by atoms with van der Waals surface area (Å²) in [5.74, 6) is 0.587. The van der Waals surface area contributed by atoms with E-state index in [4.69, 9.17) is 4.74 Å². The van der Waals surface area contributed by atoms with Crippen LogP contribution in [0.3, 0.4) is 0 Å². The summed E-state index contributed by atoms with van der Waals surface area (Å²) in [5, 5.41) is 5.53. The number of amides is 2. The van der Waals surface area contributed by atoms with Crippen molar-refractivity contribution in [1.29, 1.82) is 0 Å². The minimum atomic E-state index is -0.322. The van der Waals surface area contributed by atoms with Gasteiger partial charge in [-0.05, 0) is 49.4 Å². The Morgan fingerprint density at radius 2 is 1.79 bits per heavy atom. The van der Waals surface area contributed by atoms with Crippen LogP contribution in [0.25, 0.3) is 0 Å². The average molecular weight is 386 g/mol. The molecular formula is C21H27FN4O2. The monoisotopic (exact) mass is 386 g/mol. The second kappa shape index (κ2) is 9.94. The molecule has 1 saturated heterocycles. The van der Waals surface area contributed by atoms with E-state index in [0.717, 1.165) is 50.6 Å². The predicted molar refractivity (Wildman–Crippen MR) is 110 cm³/mol. The summed E-state index contributed by atoms with van der Waals surface area (Å²) in [6.07, 6.45) is 0.880. The van der Waals surface area contributed by atoms with Gasteiger partial charge >= 0.3 is 6.03 Å². The lowest BCUT2D eigenvalue weighted by Gasteiger charge is -2.36. The molecular weight excluding hydrogens is 359 g/mol. The van der Waals surface area contributed by atoms with E-state index in [9.17, 15) is 9.18 Å². The Kier molecular flexibility index (Phi) is 7.08. The number of piperazine rings is 1. The Labute approximate surface area is 165 Å². The molecule has 0 aliphatic carbocycles. The number of urea groups is 1. The van der Waals surface area contributed by atoms with Gasteiger partial charge in [-0.3, -0.25) is 4.90 Å². The molecule has 2 amide bonds. The molecule has 1 fully saturated rings. The van der Waals surface area contributed by atoms with Gasteiger partial charge in [-0.1, -0.05) is 12.1 Å². The van der Waals surface area contributed by atoms with Crippen LogP contribution in [0.5, 0.6) is 5.75 Å². The summed E-state index contributed by atoms with van der Waals surface area (Å²) >= 11 is 0. The SMILES string of the molecule is COc1ccccc1N1CCN(CCCNC(=O)Nc2ccc(F)cc2)CC1. The highest BCUT2D eigenvalue weighted by molar-refractivity contribution is 5.89. The molecule has 1 heterocycles. The number of hydrogen-bond acceptors (Lipinski definition) is 4. The van der Waals surface area contributed by atoms with Crippen molar-refractivity contribution < 1.29 is 13.9 Å². The van der Waals surface area contributed by atoms with Crippen LogP contribution < -0.4 is 20.3 Å². The molecule has 28 heavy (non-hydrogen) atoms. The summed E-state index contributed by atoms with van der Waals surface area (Å²) in [5.41, 5.74) is 1.72. The second-order valence-electron chi connectivity index (χ2n) is 6.74. The van der Waals surface area contributed by atoms with E-state index in [-0.39, 0.29) is 11.8 Å². The zero-order chi connectivity index (χ0) is 19.8. The van der Waals surface area contributed by atoms with Gasteiger partial charge in [-0.15, -0.1) is 0 Å². The number of nitrogens with one attached hydrogen (secondary N) is 2. The number of benzene rings is 2. The first-order valence-electron chi connectivity index (χ1n) is 9.56. The van der Waals surface area contributed by atoms with E-state index in [1.165, 1.54) is 24.3 Å². The minimum Gasteiger partial charge on any atom is -0.495 e. The van der Waals surface area contributed by atoms with E-state index >= 15 is 0 Å². The summed E-state index contributed by atoms with van der Waals surface area (Å²) in [6.45, 7) is 5.42. The number of carbonyl (C=O) groups excluding carboxylic acids is 1. The van der Waals surface area contributed by atoms with Crippen LogP contribution in [0, 0.1) is 5.82 Å². The van der Waals surface area contributed by atoms with Gasteiger partial charge < -0.3 is 20.3 Å². The van der Waals surface area contributed by atoms with Crippen LogP contribution in [-0.2, 0) is 0 Å². The molecule has 0 unspecified atom stereocenters. The van der Waals surface area contributed by atoms with Gasteiger partial charge in [0, 0.05) is 38.4 Å². The van der Waals surface area contributed by atoms with E-state index in [1.54, 1.807) is 7.11 Å². The van der Waals surface area contributed by atoms with Gasteiger partial charge in [0.1, 0.15) is 11.6 Å². The number of nitrogens with zero attached hydrogens (tertiary/aromatic N) is 2. The maximum atomic E-state index is 12.9. The minimum absolute atomic E-state index is 0.271. The van der Waals surface area contributed by atoms with Gasteiger partial charge in [0.25, 0.3) is 0 Å². The molecule has 0 radical (unpaired) electrons. The van der Waals surface area contributed by atoms with Crippen molar-refractivity contribution in [2.75, 3.05) is 56.6 Å². The third-order valence-corrected chi connectivity index (χ3v) is 4.84. The Morgan fingerprint density at radius 3 is 2.50 bits per heavy atom. The third kappa shape index (κ3) is 5.60. The van der Waals surface area contributed by atoms with Gasteiger partial charge in [-0.25, -0.2) is 9.18 Å². The number of methoxy groups -OCH3 is 1. The zero-order valence-electron chi connectivity index (χ0n) is 16.2. The fraction of sp³-hybridized carbons (Fsp3) is 0.381. The lowest BCUT2D eigenvalue weighted by Crippen LogP contribution is -2.47. The van der Waals surface area contributed by atoms with Crippen molar-refractivity contribution in [3.05, 3.63) is 54.3 Å². The molecule has 2 aromatic rings. The van der Waals surface area contributed by atoms with Crippen molar-refractivity contribution in [2.45, 2.75) is 6.42 Å². The molecule has 0 atom stereocenters. The Morgan fingerprint density at radius 1 is 1.07 bits per heavy atom. The largest absolute Gasteiger partial charge is 0.495 e. The van der Waals surface area contributed by atoms with Crippen LogP contribution in [0.4, 0.5) is 20.6 Å². The maximum absolute atomic E-state index is 12.9. The van der Waals surface area contributed by atoms with Crippen molar-refractivity contribution in [2.24, 2.45) is 0 Å². The summed E-state index contributed by atoms with van der Waals surface area (Å²) in [6, 6.07) is 13.5. The van der Waals surface area contributed by atoms with Crippen molar-refractivity contribution in [3.8, 4) is 5.75 Å². The van der Waals surface area contributed by atoms with E-state index < -0.39 is 0 Å². The first-order valence-corrected chi connectivity index (χ1v) is 9.56. The fourth-order valence-electron chi connectivity index (χ4n) is 3.32. The molecule has 6 nitrogen and oxygen atoms in total. The van der Waals surface area contributed by atoms with Crippen molar-refractivity contribution in [1.82, 2.24) is 10.2 Å². The zero-order valence-corrected chi connectivity index (χ0v) is 16.2. The number of ether oxygens (including phenoxy) is 1. The smallest absolute Gasteiger partial charge is 0.319 e. The highest BCUT2D eigenvalue weighted by atomic mass is 19.1. The van der Waals surface area contributed by atoms with E-state index in [0.29, 0.717) is 12.2 Å². The van der Waals surface area contributed by atoms with Crippen LogP contribution in [0.15, 0.2) is 48.5 Å². The highest BCUT2D eigenvalue weighted by Crippen LogP contribution is 2.28. The molecule has 1 aliphatic rings.